The third kappa shape index (κ3) is 3.73. The Balaban J connectivity index is 2.87. The van der Waals surface area contributed by atoms with Crippen LogP contribution in [0.4, 0.5) is 8.78 Å². The molecule has 0 saturated carbocycles. The molecule has 92 valence electrons. The van der Waals surface area contributed by atoms with Crippen LogP contribution in [0.3, 0.4) is 0 Å². The zero-order valence-corrected chi connectivity index (χ0v) is 10.0. The van der Waals surface area contributed by atoms with E-state index in [9.17, 15) is 18.4 Å². The summed E-state index contributed by atoms with van der Waals surface area (Å²) in [5.74, 6) is -2.47. The third-order valence-electron chi connectivity index (χ3n) is 2.34. The number of benzene rings is 1. The maximum absolute atomic E-state index is 12.9. The van der Waals surface area contributed by atoms with Crippen molar-refractivity contribution < 1.29 is 18.4 Å². The highest BCUT2D eigenvalue weighted by Crippen LogP contribution is 2.19. The molecule has 0 saturated heterocycles. The highest BCUT2D eigenvalue weighted by molar-refractivity contribution is 6.09. The number of carbonyl (C=O) groups is 2. The topological polar surface area (TPSA) is 34.1 Å². The van der Waals surface area contributed by atoms with E-state index in [1.165, 1.54) is 0 Å². The van der Waals surface area contributed by atoms with Gasteiger partial charge in [0.1, 0.15) is 17.4 Å². The van der Waals surface area contributed by atoms with Crippen LogP contribution in [0.2, 0.25) is 0 Å². The minimum Gasteiger partial charge on any atom is -0.299 e. The summed E-state index contributed by atoms with van der Waals surface area (Å²) in [7, 11) is 0. The predicted molar refractivity (Wildman–Crippen MR) is 59.8 cm³/mol. The van der Waals surface area contributed by atoms with Gasteiger partial charge >= 0.3 is 0 Å². The monoisotopic (exact) mass is 240 g/mol. The van der Waals surface area contributed by atoms with Crippen molar-refractivity contribution in [3.05, 3.63) is 35.4 Å². The van der Waals surface area contributed by atoms with Crippen LogP contribution in [-0.2, 0) is 4.79 Å². The summed E-state index contributed by atoms with van der Waals surface area (Å²) >= 11 is 0. The zero-order chi connectivity index (χ0) is 13.2. The van der Waals surface area contributed by atoms with Gasteiger partial charge in [-0.2, -0.15) is 0 Å². The van der Waals surface area contributed by atoms with Crippen LogP contribution in [0.5, 0.6) is 0 Å². The Morgan fingerprint density at radius 2 is 1.53 bits per heavy atom. The van der Waals surface area contributed by atoms with Gasteiger partial charge in [-0.05, 0) is 12.1 Å². The molecule has 0 spiro atoms. The van der Waals surface area contributed by atoms with Crippen molar-refractivity contribution in [2.24, 2.45) is 5.41 Å². The molecular weight excluding hydrogens is 226 g/mol. The van der Waals surface area contributed by atoms with Crippen LogP contribution in [0.1, 0.15) is 37.6 Å². The van der Waals surface area contributed by atoms with Crippen LogP contribution >= 0.6 is 0 Å². The molecule has 4 heteroatoms. The number of halogens is 2. The molecule has 0 unspecified atom stereocenters. The van der Waals surface area contributed by atoms with E-state index in [-0.39, 0.29) is 17.8 Å². The minimum atomic E-state index is -0.823. The first-order valence-corrected chi connectivity index (χ1v) is 5.23. The highest BCUT2D eigenvalue weighted by Gasteiger charge is 2.24. The first-order valence-electron chi connectivity index (χ1n) is 5.23. The fraction of sp³-hybridized carbons (Fsp3) is 0.385. The second kappa shape index (κ2) is 4.73. The van der Waals surface area contributed by atoms with Crippen molar-refractivity contribution in [2.75, 3.05) is 0 Å². The fourth-order valence-electron chi connectivity index (χ4n) is 1.23. The molecule has 0 aliphatic heterocycles. The Kier molecular flexibility index (Phi) is 3.76. The van der Waals surface area contributed by atoms with Gasteiger partial charge in [0, 0.05) is 17.0 Å². The molecule has 17 heavy (non-hydrogen) atoms. The van der Waals surface area contributed by atoms with Gasteiger partial charge in [0.05, 0.1) is 6.42 Å². The normalized spacial score (nSPS) is 11.4. The SMILES string of the molecule is CC(C)(C)C(=O)CC(=O)c1cc(F)cc(F)c1. The standard InChI is InChI=1S/C13H14F2O2/c1-13(2,3)12(17)7-11(16)8-4-9(14)6-10(15)5-8/h4-6H,7H2,1-3H3. The first-order chi connectivity index (χ1) is 7.70. The molecule has 0 fully saturated rings. The molecule has 0 aliphatic rings. The van der Waals surface area contributed by atoms with E-state index in [2.05, 4.69) is 0 Å². The molecule has 1 aromatic rings. The largest absolute Gasteiger partial charge is 0.299 e. The van der Waals surface area contributed by atoms with Crippen molar-refractivity contribution in [3.8, 4) is 0 Å². The van der Waals surface area contributed by atoms with E-state index in [1.54, 1.807) is 20.8 Å². The lowest BCUT2D eigenvalue weighted by Gasteiger charge is -2.15. The van der Waals surface area contributed by atoms with Gasteiger partial charge in [-0.15, -0.1) is 0 Å². The number of Topliss-reactive ketones (excluding diaryl/α,β-unsaturated/α-hetero) is 2. The molecule has 0 bridgehead atoms. The number of hydrogen-bond donors (Lipinski definition) is 0. The fourth-order valence-corrected chi connectivity index (χ4v) is 1.23. The van der Waals surface area contributed by atoms with Gasteiger partial charge in [0.25, 0.3) is 0 Å². The van der Waals surface area contributed by atoms with Crippen LogP contribution in [0, 0.1) is 17.0 Å². The molecule has 0 N–H and O–H groups in total. The second-order valence-corrected chi connectivity index (χ2v) is 4.93. The van der Waals surface area contributed by atoms with Gasteiger partial charge in [0.15, 0.2) is 5.78 Å². The van der Waals surface area contributed by atoms with Crippen molar-refractivity contribution in [1.82, 2.24) is 0 Å². The molecule has 0 aliphatic carbocycles. The second-order valence-electron chi connectivity index (χ2n) is 4.93. The van der Waals surface area contributed by atoms with E-state index < -0.39 is 22.8 Å². The molecule has 0 heterocycles. The Hall–Kier alpha value is -1.58. The van der Waals surface area contributed by atoms with Gasteiger partial charge in [-0.3, -0.25) is 9.59 Å². The summed E-state index contributed by atoms with van der Waals surface area (Å²) in [6, 6.07) is 2.55. The lowest BCUT2D eigenvalue weighted by atomic mass is 9.87. The maximum atomic E-state index is 12.9. The average Bonchev–Trinajstić information content (AvgIpc) is 2.14. The Bertz CT molecular complexity index is 439. The molecule has 2 nitrogen and oxygen atoms in total. The molecular formula is C13H14F2O2. The molecule has 0 atom stereocenters. The van der Waals surface area contributed by atoms with Crippen molar-refractivity contribution >= 4 is 11.6 Å². The van der Waals surface area contributed by atoms with Gasteiger partial charge in [-0.25, -0.2) is 8.78 Å². The quantitative estimate of drug-likeness (QED) is 0.600. The summed E-state index contributed by atoms with van der Waals surface area (Å²) in [6.45, 7) is 5.07. The average molecular weight is 240 g/mol. The molecule has 0 amide bonds. The van der Waals surface area contributed by atoms with Gasteiger partial charge in [-0.1, -0.05) is 20.8 Å². The number of ketones is 2. The Morgan fingerprint density at radius 1 is 1.06 bits per heavy atom. The van der Waals surface area contributed by atoms with E-state index in [0.717, 1.165) is 12.1 Å². The Labute approximate surface area is 98.6 Å². The van der Waals surface area contributed by atoms with Crippen LogP contribution < -0.4 is 0 Å². The lowest BCUT2D eigenvalue weighted by molar-refractivity contribution is -0.125. The molecule has 0 radical (unpaired) electrons. The zero-order valence-electron chi connectivity index (χ0n) is 10.0. The third-order valence-corrected chi connectivity index (χ3v) is 2.34. The maximum Gasteiger partial charge on any atom is 0.170 e. The van der Waals surface area contributed by atoms with E-state index in [1.807, 2.05) is 0 Å². The summed E-state index contributed by atoms with van der Waals surface area (Å²) < 4.78 is 25.8. The summed E-state index contributed by atoms with van der Waals surface area (Å²) in [5, 5.41) is 0. The summed E-state index contributed by atoms with van der Waals surface area (Å²) in [6.07, 6.45) is -0.341. The van der Waals surface area contributed by atoms with Crippen LogP contribution in [-0.4, -0.2) is 11.6 Å². The highest BCUT2D eigenvalue weighted by atomic mass is 19.1. The van der Waals surface area contributed by atoms with Crippen molar-refractivity contribution in [1.29, 1.82) is 0 Å². The van der Waals surface area contributed by atoms with Gasteiger partial charge < -0.3 is 0 Å². The number of rotatable bonds is 3. The first kappa shape index (κ1) is 13.5. The van der Waals surface area contributed by atoms with Crippen LogP contribution in [0.15, 0.2) is 18.2 Å². The molecule has 0 aromatic heterocycles. The smallest absolute Gasteiger partial charge is 0.170 e. The lowest BCUT2D eigenvalue weighted by Crippen LogP contribution is -2.23. The number of carbonyl (C=O) groups excluding carboxylic acids is 2. The molecule has 1 rings (SSSR count). The van der Waals surface area contributed by atoms with Crippen molar-refractivity contribution in [2.45, 2.75) is 27.2 Å². The number of hydrogen-bond acceptors (Lipinski definition) is 2. The predicted octanol–water partition coefficient (Wildman–Crippen LogP) is 3.15. The molecule has 1 aromatic carbocycles. The Morgan fingerprint density at radius 3 is 1.94 bits per heavy atom. The van der Waals surface area contributed by atoms with E-state index in [4.69, 9.17) is 0 Å². The minimum absolute atomic E-state index is 0.111. The van der Waals surface area contributed by atoms with Crippen LogP contribution in [0.25, 0.3) is 0 Å². The summed E-state index contributed by atoms with van der Waals surface area (Å²) in [5.41, 5.74) is -0.748. The van der Waals surface area contributed by atoms with Gasteiger partial charge in [0.2, 0.25) is 0 Å². The van der Waals surface area contributed by atoms with Crippen molar-refractivity contribution in [3.63, 3.8) is 0 Å². The van der Waals surface area contributed by atoms with E-state index in [0.29, 0.717) is 6.07 Å². The van der Waals surface area contributed by atoms with E-state index >= 15 is 0 Å². The summed E-state index contributed by atoms with van der Waals surface area (Å²) in [4.78, 5) is 23.3.